The molecule has 0 bridgehead atoms. The van der Waals surface area contributed by atoms with Gasteiger partial charge < -0.3 is 14.9 Å². The number of urea groups is 1. The molecule has 0 aromatic carbocycles. The van der Waals surface area contributed by atoms with Crippen molar-refractivity contribution in [2.75, 3.05) is 32.4 Å². The fourth-order valence-corrected chi connectivity index (χ4v) is 3.11. The van der Waals surface area contributed by atoms with Gasteiger partial charge in [-0.1, -0.05) is 6.92 Å². The molecular weight excluding hydrogens is 264 g/mol. The summed E-state index contributed by atoms with van der Waals surface area (Å²) in [6.07, 6.45) is 6.03. The molecule has 110 valence electrons. The SMILES string of the molecule is CCCN(CC(=O)O)C(=O)N1CCCC(SC)CC1. The van der Waals surface area contributed by atoms with Gasteiger partial charge in [0.2, 0.25) is 0 Å². The molecule has 6 heteroatoms. The van der Waals surface area contributed by atoms with E-state index in [1.54, 1.807) is 0 Å². The minimum absolute atomic E-state index is 0.119. The van der Waals surface area contributed by atoms with Crippen molar-refractivity contribution in [2.24, 2.45) is 0 Å². The molecule has 0 radical (unpaired) electrons. The van der Waals surface area contributed by atoms with Gasteiger partial charge >= 0.3 is 12.0 Å². The molecular formula is C13H24N2O3S. The summed E-state index contributed by atoms with van der Waals surface area (Å²) in [5.74, 6) is -0.946. The first-order valence-corrected chi connectivity index (χ1v) is 8.15. The van der Waals surface area contributed by atoms with E-state index in [0.717, 1.165) is 38.8 Å². The number of carboxylic acid groups (broad SMARTS) is 1. The molecule has 0 saturated carbocycles. The van der Waals surface area contributed by atoms with Crippen LogP contribution in [0.3, 0.4) is 0 Å². The van der Waals surface area contributed by atoms with Crippen molar-refractivity contribution in [1.29, 1.82) is 0 Å². The van der Waals surface area contributed by atoms with E-state index in [2.05, 4.69) is 6.26 Å². The van der Waals surface area contributed by atoms with Gasteiger partial charge in [-0.3, -0.25) is 4.79 Å². The lowest BCUT2D eigenvalue weighted by Crippen LogP contribution is -2.46. The standard InChI is InChI=1S/C13H24N2O3S/c1-3-7-15(10-12(16)17)13(18)14-8-4-5-11(19-2)6-9-14/h11H,3-10H2,1-2H3,(H,16,17). The minimum Gasteiger partial charge on any atom is -0.480 e. The van der Waals surface area contributed by atoms with E-state index >= 15 is 0 Å². The first-order valence-electron chi connectivity index (χ1n) is 6.87. The van der Waals surface area contributed by atoms with E-state index in [-0.39, 0.29) is 12.6 Å². The van der Waals surface area contributed by atoms with Gasteiger partial charge in [0.25, 0.3) is 0 Å². The van der Waals surface area contributed by atoms with Crippen LogP contribution in [0.4, 0.5) is 4.79 Å². The zero-order valence-corrected chi connectivity index (χ0v) is 12.6. The smallest absolute Gasteiger partial charge is 0.323 e. The third-order valence-corrected chi connectivity index (χ3v) is 4.51. The average Bonchev–Trinajstić information content (AvgIpc) is 2.62. The Hall–Kier alpha value is -0.910. The highest BCUT2D eigenvalue weighted by Gasteiger charge is 2.25. The fraction of sp³-hybridized carbons (Fsp3) is 0.846. The van der Waals surface area contributed by atoms with Crippen molar-refractivity contribution in [3.05, 3.63) is 0 Å². The molecule has 1 N–H and O–H groups in total. The van der Waals surface area contributed by atoms with Crippen LogP contribution in [0.25, 0.3) is 0 Å². The van der Waals surface area contributed by atoms with Crippen molar-refractivity contribution in [3.63, 3.8) is 0 Å². The maximum atomic E-state index is 12.4. The van der Waals surface area contributed by atoms with Crippen LogP contribution < -0.4 is 0 Å². The van der Waals surface area contributed by atoms with E-state index in [1.807, 2.05) is 23.6 Å². The van der Waals surface area contributed by atoms with Gasteiger partial charge in [0.15, 0.2) is 0 Å². The van der Waals surface area contributed by atoms with Crippen LogP contribution in [0.1, 0.15) is 32.6 Å². The molecule has 1 saturated heterocycles. The third-order valence-electron chi connectivity index (χ3n) is 3.37. The molecule has 1 aliphatic heterocycles. The Morgan fingerprint density at radius 3 is 2.68 bits per heavy atom. The first kappa shape index (κ1) is 16.1. The zero-order valence-electron chi connectivity index (χ0n) is 11.8. The number of amides is 2. The summed E-state index contributed by atoms with van der Waals surface area (Å²) in [4.78, 5) is 26.4. The Balaban J connectivity index is 2.59. The number of carbonyl (C=O) groups is 2. The Morgan fingerprint density at radius 2 is 2.11 bits per heavy atom. The van der Waals surface area contributed by atoms with Crippen molar-refractivity contribution in [2.45, 2.75) is 37.9 Å². The molecule has 1 aliphatic rings. The number of nitrogens with zero attached hydrogens (tertiary/aromatic N) is 2. The topological polar surface area (TPSA) is 60.9 Å². The lowest BCUT2D eigenvalue weighted by atomic mass is 10.2. The lowest BCUT2D eigenvalue weighted by Gasteiger charge is -2.28. The second-order valence-electron chi connectivity index (χ2n) is 4.87. The Labute approximate surface area is 119 Å². The molecule has 0 aromatic rings. The Bertz CT molecular complexity index is 312. The number of carbonyl (C=O) groups excluding carboxylic acids is 1. The molecule has 1 atom stereocenters. The average molecular weight is 288 g/mol. The number of hydrogen-bond donors (Lipinski definition) is 1. The second-order valence-corrected chi connectivity index (χ2v) is 6.01. The molecule has 0 spiro atoms. The largest absolute Gasteiger partial charge is 0.480 e. The van der Waals surface area contributed by atoms with E-state index in [0.29, 0.717) is 11.8 Å². The van der Waals surface area contributed by atoms with Gasteiger partial charge in [0, 0.05) is 24.9 Å². The summed E-state index contributed by atoms with van der Waals surface area (Å²) < 4.78 is 0. The van der Waals surface area contributed by atoms with E-state index in [9.17, 15) is 9.59 Å². The molecule has 1 unspecified atom stereocenters. The predicted molar refractivity (Wildman–Crippen MR) is 77.6 cm³/mol. The van der Waals surface area contributed by atoms with Crippen LogP contribution in [0.15, 0.2) is 0 Å². The highest BCUT2D eigenvalue weighted by Crippen LogP contribution is 2.21. The van der Waals surface area contributed by atoms with Gasteiger partial charge in [0.1, 0.15) is 6.54 Å². The predicted octanol–water partition coefficient (Wildman–Crippen LogP) is 2.12. The summed E-state index contributed by atoms with van der Waals surface area (Å²) >= 11 is 1.86. The van der Waals surface area contributed by atoms with Crippen LogP contribution in [0.5, 0.6) is 0 Å². The van der Waals surface area contributed by atoms with Crippen molar-refractivity contribution in [3.8, 4) is 0 Å². The summed E-state index contributed by atoms with van der Waals surface area (Å²) in [7, 11) is 0. The molecule has 0 aliphatic carbocycles. The number of carboxylic acids is 1. The van der Waals surface area contributed by atoms with Gasteiger partial charge in [0.05, 0.1) is 0 Å². The summed E-state index contributed by atoms with van der Waals surface area (Å²) in [5, 5.41) is 9.50. The normalized spacial score (nSPS) is 19.9. The number of aliphatic carboxylic acids is 1. The minimum atomic E-state index is -0.946. The quantitative estimate of drug-likeness (QED) is 0.842. The van der Waals surface area contributed by atoms with Crippen molar-refractivity contribution >= 4 is 23.8 Å². The van der Waals surface area contributed by atoms with Crippen LogP contribution >= 0.6 is 11.8 Å². The monoisotopic (exact) mass is 288 g/mol. The van der Waals surface area contributed by atoms with E-state index in [4.69, 9.17) is 5.11 Å². The molecule has 5 nitrogen and oxygen atoms in total. The number of thioether (sulfide) groups is 1. The molecule has 1 fully saturated rings. The van der Waals surface area contributed by atoms with Gasteiger partial charge in [-0.05, 0) is 31.9 Å². The molecule has 1 heterocycles. The maximum absolute atomic E-state index is 12.4. The number of hydrogen-bond acceptors (Lipinski definition) is 3. The first-order chi connectivity index (χ1) is 9.08. The fourth-order valence-electron chi connectivity index (χ4n) is 2.37. The highest BCUT2D eigenvalue weighted by atomic mass is 32.2. The van der Waals surface area contributed by atoms with E-state index in [1.165, 1.54) is 4.90 Å². The molecule has 0 aromatic heterocycles. The molecule has 19 heavy (non-hydrogen) atoms. The van der Waals surface area contributed by atoms with Crippen LogP contribution in [0.2, 0.25) is 0 Å². The van der Waals surface area contributed by atoms with Crippen LogP contribution in [-0.2, 0) is 4.79 Å². The number of likely N-dealkylation sites (tertiary alicyclic amines) is 1. The van der Waals surface area contributed by atoms with Gasteiger partial charge in [-0.15, -0.1) is 0 Å². The van der Waals surface area contributed by atoms with E-state index < -0.39 is 5.97 Å². The van der Waals surface area contributed by atoms with Crippen molar-refractivity contribution in [1.82, 2.24) is 9.80 Å². The Kier molecular flexibility index (Phi) is 7.05. The third kappa shape index (κ3) is 5.30. The maximum Gasteiger partial charge on any atom is 0.323 e. The summed E-state index contributed by atoms with van der Waals surface area (Å²) in [6.45, 7) is 3.75. The van der Waals surface area contributed by atoms with Gasteiger partial charge in [-0.25, -0.2) is 4.79 Å². The van der Waals surface area contributed by atoms with Gasteiger partial charge in [-0.2, -0.15) is 11.8 Å². The number of rotatable bonds is 5. The lowest BCUT2D eigenvalue weighted by molar-refractivity contribution is -0.137. The van der Waals surface area contributed by atoms with Crippen molar-refractivity contribution < 1.29 is 14.7 Å². The zero-order chi connectivity index (χ0) is 14.3. The van der Waals surface area contributed by atoms with Crippen LogP contribution in [0, 0.1) is 0 Å². The second kappa shape index (κ2) is 8.30. The summed E-state index contributed by atoms with van der Waals surface area (Å²) in [6, 6.07) is -0.119. The summed E-state index contributed by atoms with van der Waals surface area (Å²) in [5.41, 5.74) is 0. The van der Waals surface area contributed by atoms with Crippen LogP contribution in [-0.4, -0.2) is 64.6 Å². The molecule has 2 amide bonds. The highest BCUT2D eigenvalue weighted by molar-refractivity contribution is 7.99. The molecule has 1 rings (SSSR count). The Morgan fingerprint density at radius 1 is 1.37 bits per heavy atom.